The molecule has 1 aromatic rings. The zero-order valence-corrected chi connectivity index (χ0v) is 14.6. The third-order valence-electron chi connectivity index (χ3n) is 4.22. The van der Waals surface area contributed by atoms with Gasteiger partial charge in [-0.25, -0.2) is 8.42 Å². The van der Waals surface area contributed by atoms with Crippen molar-refractivity contribution in [2.45, 2.75) is 45.6 Å². The van der Waals surface area contributed by atoms with Crippen molar-refractivity contribution in [2.24, 2.45) is 0 Å². The van der Waals surface area contributed by atoms with Crippen molar-refractivity contribution in [1.82, 2.24) is 5.32 Å². The highest BCUT2D eigenvalue weighted by Gasteiger charge is 2.39. The van der Waals surface area contributed by atoms with Crippen LogP contribution in [0, 0.1) is 13.8 Å². The van der Waals surface area contributed by atoms with E-state index in [0.29, 0.717) is 12.0 Å². The van der Waals surface area contributed by atoms with Crippen LogP contribution in [-0.4, -0.2) is 37.2 Å². The molecule has 1 aliphatic heterocycles. The zero-order valence-electron chi connectivity index (χ0n) is 13.8. The second-order valence-corrected chi connectivity index (χ2v) is 8.88. The van der Waals surface area contributed by atoms with Gasteiger partial charge < -0.3 is 5.32 Å². The topological polar surface area (TPSA) is 80.3 Å². The van der Waals surface area contributed by atoms with Crippen LogP contribution in [0.2, 0.25) is 0 Å². The van der Waals surface area contributed by atoms with Gasteiger partial charge in [0, 0.05) is 18.4 Å². The van der Waals surface area contributed by atoms with Gasteiger partial charge in [0.1, 0.15) is 0 Å². The third-order valence-corrected chi connectivity index (χ3v) is 6.12. The largest absolute Gasteiger partial charge is 0.350 e. The van der Waals surface area contributed by atoms with Crippen LogP contribution in [-0.2, 0) is 14.6 Å². The van der Waals surface area contributed by atoms with E-state index < -0.39 is 15.4 Å². The molecule has 0 radical (unpaired) electrons. The maximum atomic E-state index is 12.3. The van der Waals surface area contributed by atoms with E-state index in [1.165, 1.54) is 0 Å². The van der Waals surface area contributed by atoms with Crippen molar-refractivity contribution in [3.05, 3.63) is 34.9 Å². The summed E-state index contributed by atoms with van der Waals surface area (Å²) in [6.45, 7) is 5.53. The Morgan fingerprint density at radius 2 is 1.91 bits per heavy atom. The lowest BCUT2D eigenvalue weighted by Gasteiger charge is -2.23. The zero-order chi connectivity index (χ0) is 17.3. The number of rotatable bonds is 5. The number of hydrogen-bond acceptors (Lipinski definition) is 4. The van der Waals surface area contributed by atoms with Gasteiger partial charge in [-0.3, -0.25) is 9.59 Å². The van der Waals surface area contributed by atoms with Gasteiger partial charge in [-0.15, -0.1) is 0 Å². The fourth-order valence-electron chi connectivity index (χ4n) is 2.91. The minimum atomic E-state index is -3.07. The monoisotopic (exact) mass is 337 g/mol. The van der Waals surface area contributed by atoms with Gasteiger partial charge in [-0.05, 0) is 38.8 Å². The average molecular weight is 337 g/mol. The minimum Gasteiger partial charge on any atom is -0.350 e. The summed E-state index contributed by atoms with van der Waals surface area (Å²) in [5.41, 5.74) is 1.84. The summed E-state index contributed by atoms with van der Waals surface area (Å²) in [6.07, 6.45) is 0.618. The number of ketones is 1. The number of sulfone groups is 1. The second-order valence-electron chi connectivity index (χ2n) is 6.69. The van der Waals surface area contributed by atoms with E-state index in [-0.39, 0.29) is 36.0 Å². The predicted molar refractivity (Wildman–Crippen MR) is 89.3 cm³/mol. The molecule has 0 saturated carbocycles. The Morgan fingerprint density at radius 1 is 1.22 bits per heavy atom. The molecule has 23 heavy (non-hydrogen) atoms. The number of nitrogens with one attached hydrogen (secondary N) is 1. The molecule has 1 aliphatic rings. The van der Waals surface area contributed by atoms with Gasteiger partial charge in [0.05, 0.1) is 17.0 Å². The Bertz CT molecular complexity index is 739. The normalized spacial score (nSPS) is 22.7. The van der Waals surface area contributed by atoms with E-state index in [1.54, 1.807) is 6.92 Å². The van der Waals surface area contributed by atoms with E-state index in [2.05, 4.69) is 5.32 Å². The van der Waals surface area contributed by atoms with E-state index in [1.807, 2.05) is 32.0 Å². The molecule has 1 atom stereocenters. The van der Waals surface area contributed by atoms with Crippen molar-refractivity contribution in [3.63, 3.8) is 0 Å². The van der Waals surface area contributed by atoms with Crippen LogP contribution in [0.25, 0.3) is 0 Å². The van der Waals surface area contributed by atoms with Crippen LogP contribution >= 0.6 is 0 Å². The van der Waals surface area contributed by atoms with E-state index in [4.69, 9.17) is 0 Å². The van der Waals surface area contributed by atoms with Crippen molar-refractivity contribution >= 4 is 21.5 Å². The molecule has 1 saturated heterocycles. The molecule has 0 unspecified atom stereocenters. The molecule has 1 amide bonds. The molecule has 0 spiro atoms. The number of amides is 1. The van der Waals surface area contributed by atoms with Crippen LogP contribution in [0.5, 0.6) is 0 Å². The molecule has 1 N–H and O–H groups in total. The number of hydrogen-bond donors (Lipinski definition) is 1. The number of carbonyl (C=O) groups excluding carboxylic acids is 2. The third kappa shape index (κ3) is 4.64. The van der Waals surface area contributed by atoms with Gasteiger partial charge >= 0.3 is 0 Å². The Balaban J connectivity index is 1.92. The predicted octanol–water partition coefficient (Wildman–Crippen LogP) is 1.96. The first-order chi connectivity index (χ1) is 10.6. The lowest BCUT2D eigenvalue weighted by Crippen LogP contribution is -2.46. The highest BCUT2D eigenvalue weighted by Crippen LogP contribution is 2.23. The highest BCUT2D eigenvalue weighted by atomic mass is 32.2. The quantitative estimate of drug-likeness (QED) is 0.833. The fraction of sp³-hybridized carbons (Fsp3) is 0.529. The van der Waals surface area contributed by atoms with Crippen LogP contribution in [0.1, 0.15) is 47.7 Å². The molecule has 5 nitrogen and oxygen atoms in total. The molecular formula is C17H23NO4S. The average Bonchev–Trinajstić information content (AvgIpc) is 2.72. The van der Waals surface area contributed by atoms with Gasteiger partial charge in [0.2, 0.25) is 5.91 Å². The van der Waals surface area contributed by atoms with Crippen LogP contribution < -0.4 is 5.32 Å². The molecule has 0 aliphatic carbocycles. The molecule has 1 aromatic carbocycles. The summed E-state index contributed by atoms with van der Waals surface area (Å²) in [6, 6.07) is 5.67. The lowest BCUT2D eigenvalue weighted by molar-refractivity contribution is -0.122. The summed E-state index contributed by atoms with van der Waals surface area (Å²) in [5.74, 6) is -0.268. The number of Topliss-reactive ketones (excluding diaryl/α,β-unsaturated/α-hetero) is 1. The summed E-state index contributed by atoms with van der Waals surface area (Å²) in [5, 5.41) is 2.77. The van der Waals surface area contributed by atoms with Crippen molar-refractivity contribution in [3.8, 4) is 0 Å². The first-order valence-electron chi connectivity index (χ1n) is 7.72. The molecule has 126 valence electrons. The lowest BCUT2D eigenvalue weighted by atomic mass is 9.98. The summed E-state index contributed by atoms with van der Waals surface area (Å²) in [4.78, 5) is 24.3. The molecular weight excluding hydrogens is 314 g/mol. The van der Waals surface area contributed by atoms with Gasteiger partial charge in [-0.1, -0.05) is 17.7 Å². The van der Waals surface area contributed by atoms with Crippen molar-refractivity contribution < 1.29 is 18.0 Å². The Hall–Kier alpha value is -1.69. The van der Waals surface area contributed by atoms with Gasteiger partial charge in [0.25, 0.3) is 0 Å². The Labute approximate surface area is 137 Å². The van der Waals surface area contributed by atoms with Gasteiger partial charge in [0.15, 0.2) is 15.6 Å². The molecule has 6 heteroatoms. The van der Waals surface area contributed by atoms with E-state index in [9.17, 15) is 18.0 Å². The van der Waals surface area contributed by atoms with Crippen LogP contribution in [0.3, 0.4) is 0 Å². The summed E-state index contributed by atoms with van der Waals surface area (Å²) in [7, 11) is -3.07. The minimum absolute atomic E-state index is 0.0311. The number of benzene rings is 1. The summed E-state index contributed by atoms with van der Waals surface area (Å²) < 4.78 is 23.1. The van der Waals surface area contributed by atoms with E-state index >= 15 is 0 Å². The second kappa shape index (κ2) is 6.43. The molecule has 0 aromatic heterocycles. The van der Waals surface area contributed by atoms with Crippen LogP contribution in [0.4, 0.5) is 0 Å². The molecule has 0 bridgehead atoms. The number of aryl methyl sites for hydroxylation is 2. The maximum absolute atomic E-state index is 12.3. The van der Waals surface area contributed by atoms with Crippen molar-refractivity contribution in [2.75, 3.05) is 11.5 Å². The first kappa shape index (κ1) is 17.7. The van der Waals surface area contributed by atoms with Gasteiger partial charge in [-0.2, -0.15) is 0 Å². The Kier molecular flexibility index (Phi) is 4.94. The summed E-state index contributed by atoms with van der Waals surface area (Å²) >= 11 is 0. The molecule has 2 rings (SSSR count). The maximum Gasteiger partial charge on any atom is 0.220 e. The molecule has 1 heterocycles. The van der Waals surface area contributed by atoms with E-state index in [0.717, 1.165) is 11.1 Å². The first-order valence-corrected chi connectivity index (χ1v) is 9.54. The van der Waals surface area contributed by atoms with Crippen LogP contribution in [0.15, 0.2) is 18.2 Å². The highest BCUT2D eigenvalue weighted by molar-refractivity contribution is 7.91. The number of carbonyl (C=O) groups is 2. The Morgan fingerprint density at radius 3 is 2.52 bits per heavy atom. The fourth-order valence-corrected chi connectivity index (χ4v) is 5.00. The molecule has 1 fully saturated rings. The standard InChI is InChI=1S/C17H23NO4S/c1-12-4-5-13(2)14(10-12)15(19)6-7-16(20)18-17(3)8-9-23(21,22)11-17/h4-5,10H,6-9,11H2,1-3H3,(H,18,20)/t17-/m1/s1. The SMILES string of the molecule is Cc1ccc(C)c(C(=O)CCC(=O)N[C@]2(C)CCS(=O)(=O)C2)c1. The van der Waals surface area contributed by atoms with Crippen molar-refractivity contribution in [1.29, 1.82) is 0 Å². The smallest absolute Gasteiger partial charge is 0.220 e.